The third-order valence-corrected chi connectivity index (χ3v) is 0. The van der Waals surface area contributed by atoms with Crippen molar-refractivity contribution in [1.82, 2.24) is 0 Å². The Balaban J connectivity index is -0.0000000400. The molecule has 0 saturated carbocycles. The van der Waals surface area contributed by atoms with Crippen LogP contribution in [0.2, 0.25) is 0 Å². The minimum Gasteiger partial charge on any atom is -0.443 e. The molecule has 0 amide bonds. The number of hydrogen-bond donors (Lipinski definition) is 2. The van der Waals surface area contributed by atoms with Crippen molar-refractivity contribution in [2.75, 3.05) is 0 Å². The van der Waals surface area contributed by atoms with Gasteiger partial charge in [-0.25, -0.2) is 0 Å². The molecule has 0 heterocycles. The fraction of sp³-hybridized carbons (Fsp3) is 0. The van der Waals surface area contributed by atoms with Crippen LogP contribution in [0.3, 0.4) is 0 Å². The zero-order valence-electron chi connectivity index (χ0n) is 3.12. The van der Waals surface area contributed by atoms with Gasteiger partial charge in [-0.1, -0.05) is 0 Å². The van der Waals surface area contributed by atoms with Gasteiger partial charge in [0, 0.05) is 16.8 Å². The molecule has 0 aliphatic rings. The maximum atomic E-state index is 6.88. The minimum atomic E-state index is 0. The second-order valence-corrected chi connectivity index (χ2v) is 0.200. The van der Waals surface area contributed by atoms with Crippen LogP contribution in [-0.2, 0) is 16.8 Å². The van der Waals surface area contributed by atoms with E-state index in [1.165, 1.54) is 0 Å². The van der Waals surface area contributed by atoms with Crippen LogP contribution in [0.15, 0.2) is 0 Å². The first-order chi connectivity index (χ1) is 2.83. The van der Waals surface area contributed by atoms with Crippen LogP contribution in [0, 0.1) is 23.0 Å². The second-order valence-electron chi connectivity index (χ2n) is 0.200. The number of hydrogen-bond acceptors (Lipinski definition) is 4. The molecule has 0 saturated heterocycles. The summed E-state index contributed by atoms with van der Waals surface area (Å²) in [4.78, 5) is 0. The summed E-state index contributed by atoms with van der Waals surface area (Å²) in [5.74, 6) is 0. The van der Waals surface area contributed by atoms with Gasteiger partial charge in [-0.15, -0.1) is 0 Å². The van der Waals surface area contributed by atoms with Gasteiger partial charge in [0.25, 0.3) is 12.5 Å². The van der Waals surface area contributed by atoms with E-state index < -0.39 is 0 Å². The number of aliphatic hydroxyl groups is 2. The van der Waals surface area contributed by atoms with E-state index in [-0.39, 0.29) is 16.8 Å². The summed E-state index contributed by atoms with van der Waals surface area (Å²) in [5.41, 5.74) is 0. The molecule has 0 fully saturated rings. The minimum absolute atomic E-state index is 0. The van der Waals surface area contributed by atoms with Crippen molar-refractivity contribution >= 4 is 0 Å². The third kappa shape index (κ3) is 58.1. The van der Waals surface area contributed by atoms with Crippen LogP contribution < -0.4 is 0 Å². The first-order valence-electron chi connectivity index (χ1n) is 0.894. The van der Waals surface area contributed by atoms with Crippen LogP contribution in [0.5, 0.6) is 0 Å². The van der Waals surface area contributed by atoms with Crippen LogP contribution in [0.1, 0.15) is 0 Å². The van der Waals surface area contributed by atoms with Crippen LogP contribution in [-0.4, -0.2) is 10.2 Å². The van der Waals surface area contributed by atoms with Gasteiger partial charge in [0.2, 0.25) is 0 Å². The maximum Gasteiger partial charge on any atom is 0.283 e. The van der Waals surface area contributed by atoms with Gasteiger partial charge in [-0.05, 0) is 0 Å². The molecule has 0 rings (SSSR count). The smallest absolute Gasteiger partial charge is 0.283 e. The van der Waals surface area contributed by atoms with E-state index in [1.54, 1.807) is 0 Å². The summed E-state index contributed by atoms with van der Waals surface area (Å²) in [6.45, 7) is 0. The van der Waals surface area contributed by atoms with Crippen molar-refractivity contribution in [3.63, 3.8) is 0 Å². The van der Waals surface area contributed by atoms with Crippen LogP contribution in [0.4, 0.5) is 0 Å². The fourth-order valence-electron chi connectivity index (χ4n) is 0. The monoisotopic (exact) mass is 145 g/mol. The average molecular weight is 145 g/mol. The Labute approximate surface area is 50.8 Å². The Morgan fingerprint density at radius 1 is 1.00 bits per heavy atom. The molecular formula is C2H2CoN2O2. The van der Waals surface area contributed by atoms with Crippen molar-refractivity contribution in [2.24, 2.45) is 0 Å². The SMILES string of the molecule is N#CO.N#CO.[Co]. The first kappa shape index (κ1) is 16.5. The first-order valence-corrected chi connectivity index (χ1v) is 0.894. The summed E-state index contributed by atoms with van der Waals surface area (Å²) in [5, 5.41) is 27.5. The zero-order chi connectivity index (χ0) is 5.41. The van der Waals surface area contributed by atoms with Crippen LogP contribution in [0.25, 0.3) is 0 Å². The van der Waals surface area contributed by atoms with E-state index in [9.17, 15) is 0 Å². The van der Waals surface area contributed by atoms with E-state index in [4.69, 9.17) is 20.7 Å². The third-order valence-electron chi connectivity index (χ3n) is 0. The van der Waals surface area contributed by atoms with Crippen molar-refractivity contribution in [3.8, 4) is 12.5 Å². The Morgan fingerprint density at radius 3 is 1.00 bits per heavy atom. The fourth-order valence-corrected chi connectivity index (χ4v) is 0. The molecule has 41 valence electrons. The molecule has 0 aromatic carbocycles. The average Bonchev–Trinajstić information content (AvgIpc) is 1.39. The van der Waals surface area contributed by atoms with Crippen molar-refractivity contribution < 1.29 is 27.0 Å². The van der Waals surface area contributed by atoms with Crippen molar-refractivity contribution in [1.29, 1.82) is 10.5 Å². The van der Waals surface area contributed by atoms with Gasteiger partial charge >= 0.3 is 0 Å². The number of rotatable bonds is 0. The standard InChI is InChI=1S/2CHNO.Co/c2*2-1-3;/h2*3H;. The van der Waals surface area contributed by atoms with Gasteiger partial charge in [0.1, 0.15) is 0 Å². The van der Waals surface area contributed by atoms with Gasteiger partial charge in [-0.2, -0.15) is 10.5 Å². The van der Waals surface area contributed by atoms with Gasteiger partial charge in [-0.3, -0.25) is 0 Å². The zero-order valence-corrected chi connectivity index (χ0v) is 4.16. The molecule has 0 aliphatic heterocycles. The van der Waals surface area contributed by atoms with Gasteiger partial charge < -0.3 is 10.2 Å². The molecule has 2 N–H and O–H groups in total. The molecule has 0 spiro atoms. The summed E-state index contributed by atoms with van der Waals surface area (Å²) >= 11 is 0. The molecule has 0 aliphatic carbocycles. The largest absolute Gasteiger partial charge is 0.443 e. The Kier molecular flexibility index (Phi) is 170. The van der Waals surface area contributed by atoms with E-state index in [2.05, 4.69) is 0 Å². The van der Waals surface area contributed by atoms with Gasteiger partial charge in [0.05, 0.1) is 0 Å². The molecule has 5 heteroatoms. The van der Waals surface area contributed by atoms with E-state index >= 15 is 0 Å². The number of nitriles is 2. The summed E-state index contributed by atoms with van der Waals surface area (Å²) in [6, 6.07) is 0. The molecule has 0 bridgehead atoms. The summed E-state index contributed by atoms with van der Waals surface area (Å²) in [7, 11) is 0. The predicted molar refractivity (Wildman–Crippen MR) is 15.1 cm³/mol. The summed E-state index contributed by atoms with van der Waals surface area (Å²) in [6.07, 6.45) is 1.50. The molecule has 0 aromatic heterocycles. The number of aliphatic hydroxyl groups excluding tert-OH is 2. The van der Waals surface area contributed by atoms with Gasteiger partial charge in [0.15, 0.2) is 0 Å². The van der Waals surface area contributed by atoms with Crippen molar-refractivity contribution in [2.45, 2.75) is 0 Å². The quantitative estimate of drug-likeness (QED) is 0.457. The van der Waals surface area contributed by atoms with Crippen LogP contribution >= 0.6 is 0 Å². The van der Waals surface area contributed by atoms with Crippen molar-refractivity contribution in [3.05, 3.63) is 0 Å². The molecular weight excluding hydrogens is 143 g/mol. The Hall–Kier alpha value is -0.914. The van der Waals surface area contributed by atoms with E-state index in [0.717, 1.165) is 12.5 Å². The topological polar surface area (TPSA) is 88.0 Å². The summed E-state index contributed by atoms with van der Waals surface area (Å²) < 4.78 is 0. The Bertz CT molecular complexity index is 68.7. The van der Waals surface area contributed by atoms with E-state index in [0.29, 0.717) is 0 Å². The molecule has 1 radical (unpaired) electrons. The Morgan fingerprint density at radius 2 is 1.00 bits per heavy atom. The molecule has 7 heavy (non-hydrogen) atoms. The molecule has 4 nitrogen and oxygen atoms in total. The maximum absolute atomic E-state index is 6.88. The molecule has 0 unspecified atom stereocenters. The van der Waals surface area contributed by atoms with E-state index in [1.807, 2.05) is 0 Å². The number of nitrogens with zero attached hydrogens (tertiary/aromatic N) is 2. The molecule has 0 aromatic rings. The predicted octanol–water partition coefficient (Wildman–Crippen LogP) is -0.323. The second kappa shape index (κ2) is 72.0. The normalized spacial score (nSPS) is 2.00. The molecule has 0 atom stereocenters.